The first-order valence-electron chi connectivity index (χ1n) is 11.0. The standard InChI is InChI=1S/C25H24ClN5O3/c1-29-14-18(25(34)31-11-3-4-12-31)22(32)21(29)23-28-19-13-17(9-10-20(19)30(23)2)27-24(33)15-5-7-16(26)8-6-15/h5-10,13-14,32H,3-4,11-12H2,1-2H3,(H,27,33). The van der Waals surface area contributed by atoms with Crippen molar-refractivity contribution in [3.05, 3.63) is 64.8 Å². The molecule has 9 heteroatoms. The second-order valence-corrected chi connectivity index (χ2v) is 8.95. The van der Waals surface area contributed by atoms with Crippen LogP contribution >= 0.6 is 11.6 Å². The monoisotopic (exact) mass is 477 g/mol. The van der Waals surface area contributed by atoms with E-state index in [1.807, 2.05) is 17.7 Å². The molecule has 4 aromatic rings. The van der Waals surface area contributed by atoms with Gasteiger partial charge in [-0.25, -0.2) is 4.98 Å². The fourth-order valence-corrected chi connectivity index (χ4v) is 4.54. The van der Waals surface area contributed by atoms with E-state index in [0.717, 1.165) is 18.4 Å². The number of nitrogens with one attached hydrogen (secondary N) is 1. The molecule has 0 atom stereocenters. The number of carbonyl (C=O) groups is 2. The number of aryl methyl sites for hydroxylation is 2. The van der Waals surface area contributed by atoms with Crippen LogP contribution in [0.5, 0.6) is 5.75 Å². The van der Waals surface area contributed by atoms with Crippen LogP contribution in [0.4, 0.5) is 5.69 Å². The highest BCUT2D eigenvalue weighted by Crippen LogP contribution is 2.36. The molecule has 0 unspecified atom stereocenters. The van der Waals surface area contributed by atoms with E-state index in [4.69, 9.17) is 16.6 Å². The quantitative estimate of drug-likeness (QED) is 0.455. The Morgan fingerprint density at radius 3 is 2.47 bits per heavy atom. The van der Waals surface area contributed by atoms with Crippen LogP contribution in [0, 0.1) is 0 Å². The van der Waals surface area contributed by atoms with E-state index in [9.17, 15) is 14.7 Å². The molecule has 0 aliphatic carbocycles. The molecule has 0 saturated carbocycles. The summed E-state index contributed by atoms with van der Waals surface area (Å²) in [4.78, 5) is 31.9. The number of anilines is 1. The average molecular weight is 478 g/mol. The molecule has 3 heterocycles. The van der Waals surface area contributed by atoms with E-state index in [1.165, 1.54) is 0 Å². The van der Waals surface area contributed by atoms with E-state index < -0.39 is 0 Å². The van der Waals surface area contributed by atoms with Crippen LogP contribution in [-0.2, 0) is 14.1 Å². The van der Waals surface area contributed by atoms with Crippen LogP contribution in [0.3, 0.4) is 0 Å². The van der Waals surface area contributed by atoms with Gasteiger partial charge in [-0.15, -0.1) is 0 Å². The second-order valence-electron chi connectivity index (χ2n) is 8.51. The summed E-state index contributed by atoms with van der Waals surface area (Å²) in [5, 5.41) is 14.4. The zero-order chi connectivity index (χ0) is 24.0. The number of halogens is 1. The number of fused-ring (bicyclic) bond motifs is 1. The summed E-state index contributed by atoms with van der Waals surface area (Å²) in [5.41, 5.74) is 3.32. The van der Waals surface area contributed by atoms with E-state index in [1.54, 1.807) is 59.1 Å². The van der Waals surface area contributed by atoms with Crippen molar-refractivity contribution in [1.82, 2.24) is 19.0 Å². The molecular formula is C25H24ClN5O3. The molecule has 5 rings (SSSR count). The molecular weight excluding hydrogens is 454 g/mol. The minimum atomic E-state index is -0.252. The van der Waals surface area contributed by atoms with Crippen molar-refractivity contribution in [3.8, 4) is 17.3 Å². The first-order valence-corrected chi connectivity index (χ1v) is 11.4. The molecule has 2 N–H and O–H groups in total. The molecule has 0 spiro atoms. The SMILES string of the molecule is Cn1cc(C(=O)N2CCCC2)c(O)c1-c1nc2cc(NC(=O)c3ccc(Cl)cc3)ccc2n1C. The van der Waals surface area contributed by atoms with Gasteiger partial charge in [0.05, 0.1) is 16.6 Å². The minimum absolute atomic E-state index is 0.0749. The van der Waals surface area contributed by atoms with Crippen LogP contribution in [-0.4, -0.2) is 49.0 Å². The highest BCUT2D eigenvalue weighted by atomic mass is 35.5. The molecule has 8 nitrogen and oxygen atoms in total. The van der Waals surface area contributed by atoms with Crippen molar-refractivity contribution in [1.29, 1.82) is 0 Å². The number of imidazole rings is 1. The summed E-state index contributed by atoms with van der Waals surface area (Å²) in [6.07, 6.45) is 3.62. The van der Waals surface area contributed by atoms with Crippen molar-refractivity contribution >= 4 is 40.1 Å². The third-order valence-electron chi connectivity index (χ3n) is 6.24. The summed E-state index contributed by atoms with van der Waals surface area (Å²) in [7, 11) is 3.64. The zero-order valence-corrected chi connectivity index (χ0v) is 19.6. The first kappa shape index (κ1) is 22.0. The Bertz CT molecular complexity index is 1410. The van der Waals surface area contributed by atoms with Gasteiger partial charge in [-0.2, -0.15) is 0 Å². The van der Waals surface area contributed by atoms with Crippen molar-refractivity contribution < 1.29 is 14.7 Å². The predicted molar refractivity (Wildman–Crippen MR) is 131 cm³/mol. The summed E-state index contributed by atoms with van der Waals surface area (Å²) >= 11 is 5.90. The molecule has 2 amide bonds. The largest absolute Gasteiger partial charge is 0.505 e. The van der Waals surface area contributed by atoms with E-state index in [2.05, 4.69) is 5.32 Å². The highest BCUT2D eigenvalue weighted by molar-refractivity contribution is 6.30. The fraction of sp³-hybridized carbons (Fsp3) is 0.240. The number of amides is 2. The zero-order valence-electron chi connectivity index (χ0n) is 18.9. The predicted octanol–water partition coefficient (Wildman–Crippen LogP) is 4.43. The molecule has 2 aromatic heterocycles. The van der Waals surface area contributed by atoms with Crippen molar-refractivity contribution in [2.75, 3.05) is 18.4 Å². The van der Waals surface area contributed by atoms with Gasteiger partial charge in [0, 0.05) is 49.7 Å². The van der Waals surface area contributed by atoms with Gasteiger partial charge >= 0.3 is 0 Å². The third kappa shape index (κ3) is 3.80. The fourth-order valence-electron chi connectivity index (χ4n) is 4.42. The third-order valence-corrected chi connectivity index (χ3v) is 6.49. The number of aromatic hydroxyl groups is 1. The molecule has 0 bridgehead atoms. The second kappa shape index (κ2) is 8.53. The molecule has 1 aliphatic rings. The summed E-state index contributed by atoms with van der Waals surface area (Å²) in [6.45, 7) is 1.42. The van der Waals surface area contributed by atoms with Gasteiger partial charge in [0.15, 0.2) is 11.6 Å². The lowest BCUT2D eigenvalue weighted by atomic mass is 10.2. The van der Waals surface area contributed by atoms with Gasteiger partial charge in [0.2, 0.25) is 0 Å². The van der Waals surface area contributed by atoms with E-state index in [-0.39, 0.29) is 23.1 Å². The van der Waals surface area contributed by atoms with Crippen molar-refractivity contribution in [2.45, 2.75) is 12.8 Å². The summed E-state index contributed by atoms with van der Waals surface area (Å²) in [6, 6.07) is 12.1. The molecule has 174 valence electrons. The molecule has 2 aromatic carbocycles. The summed E-state index contributed by atoms with van der Waals surface area (Å²) in [5.74, 6) is 0.0332. The number of nitrogens with zero attached hydrogens (tertiary/aromatic N) is 4. The Hall–Kier alpha value is -3.78. The number of hydrogen-bond donors (Lipinski definition) is 2. The molecule has 1 fully saturated rings. The topological polar surface area (TPSA) is 92.4 Å². The number of carbonyl (C=O) groups excluding carboxylic acids is 2. The van der Waals surface area contributed by atoms with Crippen molar-refractivity contribution in [2.24, 2.45) is 14.1 Å². The van der Waals surface area contributed by atoms with E-state index >= 15 is 0 Å². The molecule has 1 saturated heterocycles. The molecule has 34 heavy (non-hydrogen) atoms. The van der Waals surface area contributed by atoms with Crippen LogP contribution in [0.1, 0.15) is 33.6 Å². The Balaban J connectivity index is 1.47. The Morgan fingerprint density at radius 1 is 1.06 bits per heavy atom. The summed E-state index contributed by atoms with van der Waals surface area (Å²) < 4.78 is 3.59. The van der Waals surface area contributed by atoms with Crippen molar-refractivity contribution in [3.63, 3.8) is 0 Å². The van der Waals surface area contributed by atoms with Gasteiger partial charge in [-0.05, 0) is 55.3 Å². The smallest absolute Gasteiger partial charge is 0.259 e. The normalized spacial score (nSPS) is 13.6. The number of hydrogen-bond acceptors (Lipinski definition) is 4. The lowest BCUT2D eigenvalue weighted by molar-refractivity contribution is 0.0790. The maximum Gasteiger partial charge on any atom is 0.259 e. The Labute approximate surface area is 201 Å². The van der Waals surface area contributed by atoms with Gasteiger partial charge in [-0.3, -0.25) is 9.59 Å². The van der Waals surface area contributed by atoms with Crippen LogP contribution < -0.4 is 5.32 Å². The van der Waals surface area contributed by atoms with Gasteiger partial charge in [0.25, 0.3) is 11.8 Å². The minimum Gasteiger partial charge on any atom is -0.505 e. The maximum absolute atomic E-state index is 12.9. The van der Waals surface area contributed by atoms with Gasteiger partial charge in [0.1, 0.15) is 5.69 Å². The lowest BCUT2D eigenvalue weighted by Gasteiger charge is -2.14. The van der Waals surface area contributed by atoms with Crippen LogP contribution in [0.15, 0.2) is 48.7 Å². The number of likely N-dealkylation sites (tertiary alicyclic amines) is 1. The Kier molecular flexibility index (Phi) is 5.53. The molecule has 1 aliphatic heterocycles. The van der Waals surface area contributed by atoms with Gasteiger partial charge in [-0.1, -0.05) is 11.6 Å². The van der Waals surface area contributed by atoms with Crippen LogP contribution in [0.2, 0.25) is 5.02 Å². The first-order chi connectivity index (χ1) is 16.3. The average Bonchev–Trinajstić information content (AvgIpc) is 3.53. The number of benzene rings is 2. The Morgan fingerprint density at radius 2 is 1.76 bits per heavy atom. The lowest BCUT2D eigenvalue weighted by Crippen LogP contribution is -2.27. The molecule has 0 radical (unpaired) electrons. The number of rotatable bonds is 4. The van der Waals surface area contributed by atoms with Gasteiger partial charge < -0.3 is 24.5 Å². The number of aromatic nitrogens is 3. The maximum atomic E-state index is 12.9. The highest BCUT2D eigenvalue weighted by Gasteiger charge is 2.28. The van der Waals surface area contributed by atoms with Crippen LogP contribution in [0.25, 0.3) is 22.6 Å². The van der Waals surface area contributed by atoms with E-state index in [0.29, 0.717) is 46.4 Å².